The minimum absolute atomic E-state index is 0.116. The van der Waals surface area contributed by atoms with Gasteiger partial charge >= 0.3 is 5.69 Å². The van der Waals surface area contributed by atoms with Gasteiger partial charge in [-0.3, -0.25) is 10.1 Å². The molecule has 1 N–H and O–H groups in total. The summed E-state index contributed by atoms with van der Waals surface area (Å²) >= 11 is 0. The molecular weight excluding hydrogens is 260 g/mol. The maximum Gasteiger partial charge on any atom is 0.311 e. The van der Waals surface area contributed by atoms with Crippen molar-refractivity contribution in [2.75, 3.05) is 0 Å². The highest BCUT2D eigenvalue weighted by atomic mass is 16.6. The molecule has 6 heteroatoms. The maximum atomic E-state index is 11.0. The molecule has 1 heterocycles. The second-order valence-electron chi connectivity index (χ2n) is 4.43. The van der Waals surface area contributed by atoms with Crippen molar-refractivity contribution in [3.8, 4) is 11.6 Å². The normalized spacial score (nSPS) is 11.9. The van der Waals surface area contributed by atoms with E-state index in [2.05, 4.69) is 4.98 Å². The zero-order valence-electron chi connectivity index (χ0n) is 11.1. The first kappa shape index (κ1) is 14.0. The van der Waals surface area contributed by atoms with Gasteiger partial charge in [-0.15, -0.1) is 0 Å². The average Bonchev–Trinajstić information content (AvgIpc) is 2.41. The minimum Gasteiger partial charge on any atom is -0.432 e. The summed E-state index contributed by atoms with van der Waals surface area (Å²) in [7, 11) is 0. The Balaban J connectivity index is 2.35. The Morgan fingerprint density at radius 1 is 1.35 bits per heavy atom. The van der Waals surface area contributed by atoms with Gasteiger partial charge in [0.15, 0.2) is 0 Å². The van der Waals surface area contributed by atoms with E-state index >= 15 is 0 Å². The number of aliphatic hydroxyl groups is 1. The molecule has 1 atom stereocenters. The largest absolute Gasteiger partial charge is 0.432 e. The average molecular weight is 274 g/mol. The summed E-state index contributed by atoms with van der Waals surface area (Å²) < 4.78 is 5.45. The molecule has 0 saturated heterocycles. The summed E-state index contributed by atoms with van der Waals surface area (Å²) in [6.45, 7) is 3.39. The number of aryl methyl sites for hydroxylation is 1. The van der Waals surface area contributed by atoms with Crippen molar-refractivity contribution < 1.29 is 14.8 Å². The van der Waals surface area contributed by atoms with Crippen LogP contribution < -0.4 is 4.74 Å². The number of nitro groups is 1. The number of benzene rings is 1. The van der Waals surface area contributed by atoms with Crippen LogP contribution in [0.3, 0.4) is 0 Å². The van der Waals surface area contributed by atoms with E-state index in [0.29, 0.717) is 5.56 Å². The van der Waals surface area contributed by atoms with E-state index in [9.17, 15) is 15.2 Å². The van der Waals surface area contributed by atoms with Gasteiger partial charge in [0, 0.05) is 18.3 Å². The zero-order chi connectivity index (χ0) is 14.7. The molecule has 20 heavy (non-hydrogen) atoms. The van der Waals surface area contributed by atoms with Gasteiger partial charge in [0.05, 0.1) is 11.0 Å². The summed E-state index contributed by atoms with van der Waals surface area (Å²) in [4.78, 5) is 14.5. The van der Waals surface area contributed by atoms with Gasteiger partial charge in [0.2, 0.25) is 11.6 Å². The van der Waals surface area contributed by atoms with Gasteiger partial charge in [-0.2, -0.15) is 0 Å². The molecule has 0 bridgehead atoms. The van der Waals surface area contributed by atoms with Gasteiger partial charge in [-0.25, -0.2) is 4.98 Å². The third-order valence-corrected chi connectivity index (χ3v) is 2.77. The molecule has 0 aliphatic carbocycles. The van der Waals surface area contributed by atoms with Crippen molar-refractivity contribution in [3.05, 3.63) is 57.8 Å². The third-order valence-electron chi connectivity index (χ3n) is 2.77. The summed E-state index contributed by atoms with van der Waals surface area (Å²) in [6.07, 6.45) is 0.825. The van der Waals surface area contributed by atoms with Crippen molar-refractivity contribution in [1.29, 1.82) is 0 Å². The van der Waals surface area contributed by atoms with Gasteiger partial charge in [0.1, 0.15) is 0 Å². The predicted octanol–water partition coefficient (Wildman–Crippen LogP) is 3.14. The summed E-state index contributed by atoms with van der Waals surface area (Å²) in [5.41, 5.74) is 1.29. The number of hydrogen-bond donors (Lipinski definition) is 1. The summed E-state index contributed by atoms with van der Waals surface area (Å²) in [5, 5.41) is 20.5. The zero-order valence-corrected chi connectivity index (χ0v) is 11.1. The Morgan fingerprint density at radius 3 is 2.75 bits per heavy atom. The van der Waals surface area contributed by atoms with E-state index in [1.54, 1.807) is 32.0 Å². The number of nitrogens with zero attached hydrogens (tertiary/aromatic N) is 2. The van der Waals surface area contributed by atoms with Gasteiger partial charge in [-0.05, 0) is 37.1 Å². The number of rotatable bonds is 4. The number of aliphatic hydroxyl groups excluding tert-OH is 1. The molecule has 6 nitrogen and oxygen atoms in total. The fraction of sp³-hybridized carbons (Fsp3) is 0.214. The Morgan fingerprint density at radius 2 is 2.10 bits per heavy atom. The number of nitro benzene ring substituents is 1. The Hall–Kier alpha value is -2.47. The van der Waals surface area contributed by atoms with Crippen molar-refractivity contribution in [1.82, 2.24) is 4.98 Å². The second kappa shape index (κ2) is 5.66. The lowest BCUT2D eigenvalue weighted by atomic mass is 10.2. The second-order valence-corrected chi connectivity index (χ2v) is 4.43. The monoisotopic (exact) mass is 274 g/mol. The lowest BCUT2D eigenvalue weighted by molar-refractivity contribution is -0.385. The fourth-order valence-electron chi connectivity index (χ4n) is 1.71. The lowest BCUT2D eigenvalue weighted by Crippen LogP contribution is -1.97. The van der Waals surface area contributed by atoms with Crippen LogP contribution >= 0.6 is 0 Å². The molecule has 0 amide bonds. The van der Waals surface area contributed by atoms with Crippen LogP contribution in [0.15, 0.2) is 36.5 Å². The molecule has 1 aromatic carbocycles. The number of pyridine rings is 1. The molecule has 0 aliphatic heterocycles. The van der Waals surface area contributed by atoms with Gasteiger partial charge < -0.3 is 9.84 Å². The van der Waals surface area contributed by atoms with E-state index < -0.39 is 11.0 Å². The number of hydrogen-bond acceptors (Lipinski definition) is 5. The molecule has 2 aromatic rings. The van der Waals surface area contributed by atoms with Crippen LogP contribution in [-0.4, -0.2) is 15.0 Å². The third kappa shape index (κ3) is 3.10. The van der Waals surface area contributed by atoms with E-state index in [0.717, 1.165) is 5.56 Å². The molecule has 0 fully saturated rings. The molecule has 0 saturated carbocycles. The topological polar surface area (TPSA) is 85.5 Å². The Bertz CT molecular complexity index is 641. The van der Waals surface area contributed by atoms with Crippen molar-refractivity contribution in [2.45, 2.75) is 20.0 Å². The molecule has 104 valence electrons. The van der Waals surface area contributed by atoms with Crippen LogP contribution in [0.1, 0.15) is 24.2 Å². The van der Waals surface area contributed by atoms with Crippen molar-refractivity contribution in [2.24, 2.45) is 0 Å². The van der Waals surface area contributed by atoms with Crippen LogP contribution in [0, 0.1) is 17.0 Å². The van der Waals surface area contributed by atoms with Crippen LogP contribution in [0.5, 0.6) is 11.6 Å². The molecule has 1 aromatic heterocycles. The van der Waals surface area contributed by atoms with Gasteiger partial charge in [0.25, 0.3) is 0 Å². The van der Waals surface area contributed by atoms with E-state index in [1.165, 1.54) is 18.3 Å². The first-order chi connectivity index (χ1) is 9.47. The molecule has 2 rings (SSSR count). The molecule has 0 spiro atoms. The van der Waals surface area contributed by atoms with Crippen LogP contribution in [0.25, 0.3) is 0 Å². The summed E-state index contributed by atoms with van der Waals surface area (Å²) in [5.74, 6) is 0.325. The first-order valence-corrected chi connectivity index (χ1v) is 6.04. The van der Waals surface area contributed by atoms with Crippen LogP contribution in [0.2, 0.25) is 0 Å². The lowest BCUT2D eigenvalue weighted by Gasteiger charge is -2.08. The Labute approximate surface area is 115 Å². The first-order valence-electron chi connectivity index (χ1n) is 6.04. The molecule has 0 radical (unpaired) electrons. The van der Waals surface area contributed by atoms with Crippen molar-refractivity contribution >= 4 is 5.69 Å². The highest BCUT2D eigenvalue weighted by Crippen LogP contribution is 2.31. The van der Waals surface area contributed by atoms with Crippen LogP contribution in [0.4, 0.5) is 5.69 Å². The van der Waals surface area contributed by atoms with Crippen molar-refractivity contribution in [3.63, 3.8) is 0 Å². The van der Waals surface area contributed by atoms with Gasteiger partial charge in [-0.1, -0.05) is 6.07 Å². The molecular formula is C14H14N2O4. The van der Waals surface area contributed by atoms with E-state index in [1.807, 2.05) is 0 Å². The number of aromatic nitrogens is 1. The highest BCUT2D eigenvalue weighted by Gasteiger charge is 2.16. The number of ether oxygens (including phenoxy) is 1. The highest BCUT2D eigenvalue weighted by molar-refractivity contribution is 5.49. The van der Waals surface area contributed by atoms with E-state index in [-0.39, 0.29) is 17.3 Å². The molecule has 0 unspecified atom stereocenters. The van der Waals surface area contributed by atoms with E-state index in [4.69, 9.17) is 4.74 Å². The SMILES string of the molecule is Cc1ccc(Oc2cc([C@H](C)O)ccn2)c([N+](=O)[O-])c1. The smallest absolute Gasteiger partial charge is 0.311 e. The maximum absolute atomic E-state index is 11.0. The fourth-order valence-corrected chi connectivity index (χ4v) is 1.71. The predicted molar refractivity (Wildman–Crippen MR) is 72.8 cm³/mol. The summed E-state index contributed by atoms with van der Waals surface area (Å²) in [6, 6.07) is 7.90. The van der Waals surface area contributed by atoms with Crippen LogP contribution in [-0.2, 0) is 0 Å². The quantitative estimate of drug-likeness (QED) is 0.683. The Kier molecular flexibility index (Phi) is 3.95. The molecule has 0 aliphatic rings. The minimum atomic E-state index is -0.659. The standard InChI is InChI=1S/C14H14N2O4/c1-9-3-4-13(12(7-9)16(18)19)20-14-8-11(10(2)17)5-6-15-14/h3-8,10,17H,1-2H3/t10-/m0/s1.